The summed E-state index contributed by atoms with van der Waals surface area (Å²) < 4.78 is 5.26. The summed E-state index contributed by atoms with van der Waals surface area (Å²) >= 11 is 1.50. The van der Waals surface area contributed by atoms with E-state index in [9.17, 15) is 4.79 Å². The molecule has 0 spiro atoms. The van der Waals surface area contributed by atoms with Gasteiger partial charge in [0.25, 0.3) is 0 Å². The fraction of sp³-hybridized carbons (Fsp3) is 0.300. The highest BCUT2D eigenvalue weighted by atomic mass is 32.2. The summed E-state index contributed by atoms with van der Waals surface area (Å²) in [6.07, 6.45) is 1.90. The summed E-state index contributed by atoms with van der Waals surface area (Å²) in [4.78, 5) is 11.7. The van der Waals surface area contributed by atoms with Gasteiger partial charge in [0.15, 0.2) is 0 Å². The number of carboxylic acid groups (broad SMARTS) is 1. The lowest BCUT2D eigenvalue weighted by molar-refractivity contribution is 0.0696. The Morgan fingerprint density at radius 3 is 2.71 bits per heavy atom. The molecular formula is C10H12O3S. The van der Waals surface area contributed by atoms with E-state index in [1.807, 2.05) is 19.2 Å². The van der Waals surface area contributed by atoms with Crippen LogP contribution in [0.3, 0.4) is 0 Å². The normalized spacial score (nSPS) is 9.86. The molecule has 0 aliphatic heterocycles. The van der Waals surface area contributed by atoms with Crippen molar-refractivity contribution in [2.75, 3.05) is 12.9 Å². The lowest BCUT2D eigenvalue weighted by Gasteiger charge is -2.06. The summed E-state index contributed by atoms with van der Waals surface area (Å²) in [6.45, 7) is 2.41. The molecule has 1 aromatic carbocycles. The summed E-state index contributed by atoms with van der Waals surface area (Å²) in [7, 11) is 0. The second kappa shape index (κ2) is 4.91. The first kappa shape index (κ1) is 10.9. The van der Waals surface area contributed by atoms with Crippen molar-refractivity contribution in [2.24, 2.45) is 0 Å². The van der Waals surface area contributed by atoms with Gasteiger partial charge in [-0.15, -0.1) is 11.8 Å². The van der Waals surface area contributed by atoms with Gasteiger partial charge in [-0.1, -0.05) is 0 Å². The van der Waals surface area contributed by atoms with Gasteiger partial charge < -0.3 is 9.84 Å². The molecule has 0 aliphatic rings. The van der Waals surface area contributed by atoms with Gasteiger partial charge in [-0.25, -0.2) is 4.79 Å². The molecule has 0 atom stereocenters. The van der Waals surface area contributed by atoms with E-state index in [1.165, 1.54) is 17.8 Å². The first-order valence-corrected chi connectivity index (χ1v) is 5.45. The predicted octanol–water partition coefficient (Wildman–Crippen LogP) is 2.51. The first-order valence-electron chi connectivity index (χ1n) is 4.22. The van der Waals surface area contributed by atoms with E-state index in [-0.39, 0.29) is 5.56 Å². The van der Waals surface area contributed by atoms with Crippen LogP contribution in [0.5, 0.6) is 5.75 Å². The third-order valence-corrected chi connectivity index (χ3v) is 2.38. The van der Waals surface area contributed by atoms with Gasteiger partial charge in [-0.05, 0) is 31.4 Å². The van der Waals surface area contributed by atoms with Gasteiger partial charge in [0.1, 0.15) is 5.75 Å². The molecule has 0 saturated heterocycles. The van der Waals surface area contributed by atoms with Gasteiger partial charge in [0, 0.05) is 4.90 Å². The number of ether oxygens (including phenoxy) is 1. The van der Waals surface area contributed by atoms with Crippen LogP contribution >= 0.6 is 11.8 Å². The van der Waals surface area contributed by atoms with Crippen LogP contribution in [-0.4, -0.2) is 23.9 Å². The van der Waals surface area contributed by atoms with Gasteiger partial charge in [-0.3, -0.25) is 0 Å². The molecule has 0 aromatic heterocycles. The number of hydrogen-bond acceptors (Lipinski definition) is 3. The van der Waals surface area contributed by atoms with Crippen molar-refractivity contribution in [1.29, 1.82) is 0 Å². The highest BCUT2D eigenvalue weighted by molar-refractivity contribution is 7.98. The van der Waals surface area contributed by atoms with E-state index >= 15 is 0 Å². The van der Waals surface area contributed by atoms with Crippen LogP contribution in [0.25, 0.3) is 0 Å². The average molecular weight is 212 g/mol. The molecule has 4 heteroatoms. The molecule has 0 unspecified atom stereocenters. The maximum atomic E-state index is 10.8. The van der Waals surface area contributed by atoms with Crippen molar-refractivity contribution in [1.82, 2.24) is 0 Å². The Balaban J connectivity index is 3.06. The van der Waals surface area contributed by atoms with Crippen LogP contribution in [0.4, 0.5) is 0 Å². The van der Waals surface area contributed by atoms with E-state index in [1.54, 1.807) is 6.07 Å². The minimum absolute atomic E-state index is 0.264. The molecule has 0 heterocycles. The first-order chi connectivity index (χ1) is 6.67. The van der Waals surface area contributed by atoms with Gasteiger partial charge in [-0.2, -0.15) is 0 Å². The Bertz CT molecular complexity index is 336. The summed E-state index contributed by atoms with van der Waals surface area (Å²) in [5.41, 5.74) is 0.264. The second-order valence-corrected chi connectivity index (χ2v) is 3.52. The Morgan fingerprint density at radius 2 is 2.21 bits per heavy atom. The molecular weight excluding hydrogens is 200 g/mol. The van der Waals surface area contributed by atoms with Crippen molar-refractivity contribution < 1.29 is 14.6 Å². The lowest BCUT2D eigenvalue weighted by Crippen LogP contribution is -1.99. The molecule has 0 saturated carbocycles. The van der Waals surface area contributed by atoms with E-state index in [2.05, 4.69) is 0 Å². The van der Waals surface area contributed by atoms with E-state index in [4.69, 9.17) is 9.84 Å². The third kappa shape index (κ3) is 2.67. The van der Waals surface area contributed by atoms with Crippen LogP contribution in [0.1, 0.15) is 17.3 Å². The summed E-state index contributed by atoms with van der Waals surface area (Å²) in [6, 6.07) is 5.00. The number of rotatable bonds is 4. The van der Waals surface area contributed by atoms with Crippen LogP contribution in [0.2, 0.25) is 0 Å². The fourth-order valence-electron chi connectivity index (χ4n) is 1.06. The third-order valence-electron chi connectivity index (χ3n) is 1.67. The highest BCUT2D eigenvalue weighted by Gasteiger charge is 2.06. The minimum atomic E-state index is -0.929. The van der Waals surface area contributed by atoms with Crippen LogP contribution in [0, 0.1) is 0 Å². The summed E-state index contributed by atoms with van der Waals surface area (Å²) in [5.74, 6) is -0.321. The van der Waals surface area contributed by atoms with Gasteiger partial charge >= 0.3 is 5.97 Å². The Kier molecular flexibility index (Phi) is 3.83. The Labute approximate surface area is 87.1 Å². The maximum absolute atomic E-state index is 10.8. The highest BCUT2D eigenvalue weighted by Crippen LogP contribution is 2.23. The van der Waals surface area contributed by atoms with Crippen molar-refractivity contribution in [3.8, 4) is 5.75 Å². The lowest BCUT2D eigenvalue weighted by atomic mass is 10.2. The number of hydrogen-bond donors (Lipinski definition) is 1. The van der Waals surface area contributed by atoms with Crippen LogP contribution < -0.4 is 4.74 Å². The molecule has 0 radical (unpaired) electrons. The zero-order chi connectivity index (χ0) is 10.6. The monoisotopic (exact) mass is 212 g/mol. The summed E-state index contributed by atoms with van der Waals surface area (Å²) in [5, 5.41) is 8.83. The van der Waals surface area contributed by atoms with E-state index < -0.39 is 5.97 Å². The van der Waals surface area contributed by atoms with Crippen LogP contribution in [0.15, 0.2) is 23.1 Å². The topological polar surface area (TPSA) is 46.5 Å². The molecule has 0 fully saturated rings. The molecule has 0 aliphatic carbocycles. The number of carboxylic acids is 1. The minimum Gasteiger partial charge on any atom is -0.494 e. The molecule has 1 N–H and O–H groups in total. The smallest absolute Gasteiger partial charge is 0.335 e. The fourth-order valence-corrected chi connectivity index (χ4v) is 1.54. The zero-order valence-electron chi connectivity index (χ0n) is 8.11. The predicted molar refractivity (Wildman–Crippen MR) is 56.4 cm³/mol. The molecule has 0 amide bonds. The molecule has 76 valence electrons. The Hall–Kier alpha value is -1.16. The maximum Gasteiger partial charge on any atom is 0.335 e. The van der Waals surface area contributed by atoms with Crippen LogP contribution in [-0.2, 0) is 0 Å². The molecule has 0 bridgehead atoms. The molecule has 1 rings (SSSR count). The second-order valence-electron chi connectivity index (χ2n) is 2.64. The largest absolute Gasteiger partial charge is 0.494 e. The number of aromatic carboxylic acids is 1. The quantitative estimate of drug-likeness (QED) is 0.779. The van der Waals surface area contributed by atoms with Crippen molar-refractivity contribution in [2.45, 2.75) is 11.8 Å². The van der Waals surface area contributed by atoms with E-state index in [0.717, 1.165) is 4.90 Å². The van der Waals surface area contributed by atoms with Gasteiger partial charge in [0.2, 0.25) is 0 Å². The van der Waals surface area contributed by atoms with Crippen molar-refractivity contribution >= 4 is 17.7 Å². The van der Waals surface area contributed by atoms with Gasteiger partial charge in [0.05, 0.1) is 12.2 Å². The zero-order valence-corrected chi connectivity index (χ0v) is 8.93. The number of thioether (sulfide) groups is 1. The SMILES string of the molecule is CCOc1cc(SC)cc(C(=O)O)c1. The molecule has 1 aromatic rings. The molecule has 3 nitrogen and oxygen atoms in total. The van der Waals surface area contributed by atoms with Crippen molar-refractivity contribution in [3.63, 3.8) is 0 Å². The number of benzene rings is 1. The van der Waals surface area contributed by atoms with Crippen molar-refractivity contribution in [3.05, 3.63) is 23.8 Å². The molecule has 14 heavy (non-hydrogen) atoms. The standard InChI is InChI=1S/C10H12O3S/c1-3-13-8-4-7(10(11)12)5-9(6-8)14-2/h4-6H,3H2,1-2H3,(H,11,12). The van der Waals surface area contributed by atoms with E-state index in [0.29, 0.717) is 12.4 Å². The number of carbonyl (C=O) groups is 1. The average Bonchev–Trinajstić information content (AvgIpc) is 2.17. The Morgan fingerprint density at radius 1 is 1.50 bits per heavy atom.